The number of benzene rings is 1. The molecular formula is C14H22BrClN2O2S. The van der Waals surface area contributed by atoms with Crippen LogP contribution in [0.3, 0.4) is 0 Å². The first-order chi connectivity index (χ1) is 9.73. The third-order valence-electron chi connectivity index (χ3n) is 3.33. The van der Waals surface area contributed by atoms with Crippen LogP contribution in [0.2, 0.25) is 5.02 Å². The highest BCUT2D eigenvalue weighted by Crippen LogP contribution is 2.28. The number of nitrogens with zero attached hydrogens (tertiary/aromatic N) is 1. The van der Waals surface area contributed by atoms with Gasteiger partial charge in [0.2, 0.25) is 0 Å². The van der Waals surface area contributed by atoms with Gasteiger partial charge in [-0.3, -0.25) is 0 Å². The number of sulfone groups is 1. The maximum atomic E-state index is 11.2. The SMILES string of the molecule is CNC(CCN(C)CCS(C)(=O)=O)c1ccc(Br)cc1Cl. The normalized spacial score (nSPS) is 13.6. The predicted octanol–water partition coefficient (Wildman–Crippen LogP) is 2.73. The van der Waals surface area contributed by atoms with Crippen molar-refractivity contribution >= 4 is 37.4 Å². The Hall–Kier alpha value is -0.140. The van der Waals surface area contributed by atoms with Gasteiger partial charge in [0.05, 0.1) is 5.75 Å². The summed E-state index contributed by atoms with van der Waals surface area (Å²) < 4.78 is 23.3. The standard InChI is InChI=1S/C14H22BrClN2O2S/c1-17-14(12-5-4-11(15)10-13(12)16)6-7-18(2)8-9-21(3,19)20/h4-5,10,14,17H,6-9H2,1-3H3. The first-order valence-corrected chi connectivity index (χ1v) is 9.94. The van der Waals surface area contributed by atoms with Crippen molar-refractivity contribution in [3.8, 4) is 0 Å². The molecule has 1 aromatic carbocycles. The van der Waals surface area contributed by atoms with Gasteiger partial charge in [-0.1, -0.05) is 33.6 Å². The quantitative estimate of drug-likeness (QED) is 0.733. The Kier molecular flexibility index (Phi) is 7.64. The van der Waals surface area contributed by atoms with Crippen molar-refractivity contribution in [2.75, 3.05) is 39.2 Å². The summed E-state index contributed by atoms with van der Waals surface area (Å²) in [5.41, 5.74) is 1.05. The Morgan fingerprint density at radius 1 is 1.38 bits per heavy atom. The summed E-state index contributed by atoms with van der Waals surface area (Å²) in [6.45, 7) is 1.34. The maximum Gasteiger partial charge on any atom is 0.148 e. The summed E-state index contributed by atoms with van der Waals surface area (Å²) in [6.07, 6.45) is 2.12. The van der Waals surface area contributed by atoms with E-state index in [0.29, 0.717) is 6.54 Å². The molecule has 0 saturated carbocycles. The van der Waals surface area contributed by atoms with Crippen molar-refractivity contribution in [2.24, 2.45) is 0 Å². The fourth-order valence-corrected chi connectivity index (χ4v) is 3.47. The summed E-state index contributed by atoms with van der Waals surface area (Å²) in [6, 6.07) is 6.00. The third kappa shape index (κ3) is 7.10. The Morgan fingerprint density at radius 3 is 2.57 bits per heavy atom. The minimum Gasteiger partial charge on any atom is -0.313 e. The third-order valence-corrected chi connectivity index (χ3v) is 5.07. The van der Waals surface area contributed by atoms with Gasteiger partial charge in [-0.15, -0.1) is 0 Å². The van der Waals surface area contributed by atoms with Gasteiger partial charge < -0.3 is 10.2 Å². The summed E-state index contributed by atoms with van der Waals surface area (Å²) >= 11 is 9.68. The van der Waals surface area contributed by atoms with E-state index < -0.39 is 9.84 Å². The minimum absolute atomic E-state index is 0.145. The van der Waals surface area contributed by atoms with Crippen LogP contribution >= 0.6 is 27.5 Å². The molecular weight excluding hydrogens is 376 g/mol. The zero-order valence-electron chi connectivity index (χ0n) is 12.6. The first kappa shape index (κ1) is 18.9. The summed E-state index contributed by atoms with van der Waals surface area (Å²) in [5.74, 6) is 0.187. The number of halogens is 2. The molecule has 0 aliphatic rings. The highest BCUT2D eigenvalue weighted by molar-refractivity contribution is 9.10. The second-order valence-corrected chi connectivity index (χ2v) is 8.81. The lowest BCUT2D eigenvalue weighted by Gasteiger charge is -2.22. The molecule has 0 radical (unpaired) electrons. The molecule has 0 aromatic heterocycles. The molecule has 21 heavy (non-hydrogen) atoms. The van der Waals surface area contributed by atoms with Gasteiger partial charge in [0.15, 0.2) is 0 Å². The van der Waals surface area contributed by atoms with E-state index in [1.54, 1.807) is 0 Å². The second kappa shape index (κ2) is 8.48. The molecule has 0 amide bonds. The molecule has 0 spiro atoms. The van der Waals surface area contributed by atoms with Crippen LogP contribution in [0, 0.1) is 0 Å². The Morgan fingerprint density at radius 2 is 2.05 bits per heavy atom. The molecule has 0 saturated heterocycles. The van der Waals surface area contributed by atoms with Gasteiger partial charge in [0, 0.05) is 28.3 Å². The highest BCUT2D eigenvalue weighted by atomic mass is 79.9. The van der Waals surface area contributed by atoms with E-state index >= 15 is 0 Å². The lowest BCUT2D eigenvalue weighted by molar-refractivity contribution is 0.326. The summed E-state index contributed by atoms with van der Waals surface area (Å²) in [5, 5.41) is 3.99. The molecule has 0 aliphatic carbocycles. The Bertz CT molecular complexity index is 566. The van der Waals surface area contributed by atoms with Crippen LogP contribution in [0.4, 0.5) is 0 Å². The number of nitrogens with one attached hydrogen (secondary N) is 1. The number of hydrogen-bond acceptors (Lipinski definition) is 4. The lowest BCUT2D eigenvalue weighted by atomic mass is 10.0. The lowest BCUT2D eigenvalue weighted by Crippen LogP contribution is -2.29. The largest absolute Gasteiger partial charge is 0.313 e. The smallest absolute Gasteiger partial charge is 0.148 e. The average molecular weight is 398 g/mol. The zero-order valence-corrected chi connectivity index (χ0v) is 15.7. The van der Waals surface area contributed by atoms with E-state index in [2.05, 4.69) is 21.2 Å². The van der Waals surface area contributed by atoms with Crippen molar-refractivity contribution in [1.29, 1.82) is 0 Å². The van der Waals surface area contributed by atoms with Gasteiger partial charge in [-0.25, -0.2) is 8.42 Å². The molecule has 0 heterocycles. The van der Waals surface area contributed by atoms with Crippen molar-refractivity contribution in [3.05, 3.63) is 33.3 Å². The van der Waals surface area contributed by atoms with E-state index in [0.717, 1.165) is 28.0 Å². The fraction of sp³-hybridized carbons (Fsp3) is 0.571. The zero-order chi connectivity index (χ0) is 16.0. The van der Waals surface area contributed by atoms with Gasteiger partial charge in [-0.05, 0) is 44.8 Å². The first-order valence-electron chi connectivity index (χ1n) is 6.71. The number of rotatable bonds is 8. The molecule has 1 rings (SSSR count). The van der Waals surface area contributed by atoms with Crippen molar-refractivity contribution in [3.63, 3.8) is 0 Å². The van der Waals surface area contributed by atoms with Gasteiger partial charge in [-0.2, -0.15) is 0 Å². The molecule has 1 aromatic rings. The highest BCUT2D eigenvalue weighted by Gasteiger charge is 2.14. The van der Waals surface area contributed by atoms with Gasteiger partial charge in [0.1, 0.15) is 9.84 Å². The van der Waals surface area contributed by atoms with Crippen molar-refractivity contribution in [2.45, 2.75) is 12.5 Å². The van der Waals surface area contributed by atoms with Crippen LogP contribution < -0.4 is 5.32 Å². The molecule has 1 N–H and O–H groups in total. The van der Waals surface area contributed by atoms with E-state index in [1.165, 1.54) is 6.26 Å². The van der Waals surface area contributed by atoms with Crippen LogP contribution in [0.1, 0.15) is 18.0 Å². The van der Waals surface area contributed by atoms with Crippen LogP contribution in [-0.2, 0) is 9.84 Å². The van der Waals surface area contributed by atoms with E-state index in [-0.39, 0.29) is 11.8 Å². The number of hydrogen-bond donors (Lipinski definition) is 1. The van der Waals surface area contributed by atoms with Crippen molar-refractivity contribution < 1.29 is 8.42 Å². The minimum atomic E-state index is -2.91. The maximum absolute atomic E-state index is 11.2. The Labute approximate surface area is 140 Å². The predicted molar refractivity (Wildman–Crippen MR) is 92.8 cm³/mol. The van der Waals surface area contributed by atoms with E-state index in [9.17, 15) is 8.42 Å². The monoisotopic (exact) mass is 396 g/mol. The van der Waals surface area contributed by atoms with Crippen LogP contribution in [0.25, 0.3) is 0 Å². The molecule has 120 valence electrons. The summed E-state index contributed by atoms with van der Waals surface area (Å²) in [4.78, 5) is 2.03. The van der Waals surface area contributed by atoms with Crippen molar-refractivity contribution in [1.82, 2.24) is 10.2 Å². The molecule has 0 fully saturated rings. The van der Waals surface area contributed by atoms with Gasteiger partial charge >= 0.3 is 0 Å². The average Bonchev–Trinajstić information content (AvgIpc) is 2.38. The fourth-order valence-electron chi connectivity index (χ4n) is 2.02. The van der Waals surface area contributed by atoms with Crippen LogP contribution in [-0.4, -0.2) is 52.5 Å². The summed E-state index contributed by atoms with van der Waals surface area (Å²) in [7, 11) is 0.923. The van der Waals surface area contributed by atoms with E-state index in [1.807, 2.05) is 37.2 Å². The molecule has 0 bridgehead atoms. The van der Waals surface area contributed by atoms with Gasteiger partial charge in [0.25, 0.3) is 0 Å². The topological polar surface area (TPSA) is 49.4 Å². The molecule has 7 heteroatoms. The molecule has 4 nitrogen and oxygen atoms in total. The molecule has 1 atom stereocenters. The van der Waals surface area contributed by atoms with E-state index in [4.69, 9.17) is 11.6 Å². The Balaban J connectivity index is 2.58. The second-order valence-electron chi connectivity index (χ2n) is 5.23. The van der Waals surface area contributed by atoms with Crippen LogP contribution in [0.15, 0.2) is 22.7 Å². The molecule has 0 aliphatic heterocycles. The molecule has 1 unspecified atom stereocenters. The van der Waals surface area contributed by atoms with Crippen LogP contribution in [0.5, 0.6) is 0 Å².